The average molecular weight is 299 g/mol. The number of aromatic nitrogens is 1. The summed E-state index contributed by atoms with van der Waals surface area (Å²) >= 11 is 0. The number of nitrogens with zero attached hydrogens (tertiary/aromatic N) is 1. The summed E-state index contributed by atoms with van der Waals surface area (Å²) in [6.07, 6.45) is 3.28. The SMILES string of the molecule is CC1(C)CCN(Cc2cc3ccc(CNC=O)cc3[nH]2)CC1. The maximum atomic E-state index is 10.4. The van der Waals surface area contributed by atoms with Crippen LogP contribution in [0.2, 0.25) is 0 Å². The fourth-order valence-corrected chi connectivity index (χ4v) is 3.15. The maximum absolute atomic E-state index is 10.4. The number of hydrogen-bond acceptors (Lipinski definition) is 2. The van der Waals surface area contributed by atoms with Crippen molar-refractivity contribution in [3.63, 3.8) is 0 Å². The number of benzene rings is 1. The van der Waals surface area contributed by atoms with Crippen molar-refractivity contribution in [2.75, 3.05) is 13.1 Å². The Morgan fingerprint density at radius 3 is 2.77 bits per heavy atom. The molecule has 3 rings (SSSR count). The molecule has 1 fully saturated rings. The quantitative estimate of drug-likeness (QED) is 0.834. The van der Waals surface area contributed by atoms with Gasteiger partial charge in [-0.1, -0.05) is 26.0 Å². The third-order valence-electron chi connectivity index (χ3n) is 4.74. The molecule has 1 aromatic heterocycles. The first-order valence-corrected chi connectivity index (χ1v) is 8.06. The number of rotatable bonds is 5. The number of carbonyl (C=O) groups is 1. The largest absolute Gasteiger partial charge is 0.357 e. The van der Waals surface area contributed by atoms with E-state index >= 15 is 0 Å². The van der Waals surface area contributed by atoms with E-state index in [0.29, 0.717) is 12.0 Å². The van der Waals surface area contributed by atoms with Crippen LogP contribution < -0.4 is 5.32 Å². The van der Waals surface area contributed by atoms with Crippen LogP contribution in [0.3, 0.4) is 0 Å². The lowest BCUT2D eigenvalue weighted by molar-refractivity contribution is -0.109. The van der Waals surface area contributed by atoms with Gasteiger partial charge in [0.2, 0.25) is 6.41 Å². The van der Waals surface area contributed by atoms with Crippen molar-refractivity contribution in [3.05, 3.63) is 35.5 Å². The molecule has 2 heterocycles. The predicted octanol–water partition coefficient (Wildman–Crippen LogP) is 3.04. The third kappa shape index (κ3) is 3.50. The van der Waals surface area contributed by atoms with Crippen molar-refractivity contribution in [2.45, 2.75) is 39.8 Å². The summed E-state index contributed by atoms with van der Waals surface area (Å²) in [6.45, 7) is 8.65. The van der Waals surface area contributed by atoms with Crippen LogP contribution in [-0.2, 0) is 17.9 Å². The average Bonchev–Trinajstić information content (AvgIpc) is 2.89. The Hall–Kier alpha value is -1.81. The van der Waals surface area contributed by atoms with E-state index in [9.17, 15) is 4.79 Å². The molecule has 1 aromatic carbocycles. The second-order valence-corrected chi connectivity index (χ2v) is 7.16. The Bertz CT molecular complexity index is 649. The molecule has 118 valence electrons. The monoisotopic (exact) mass is 299 g/mol. The zero-order valence-corrected chi connectivity index (χ0v) is 13.5. The van der Waals surface area contributed by atoms with Gasteiger partial charge in [-0.15, -0.1) is 0 Å². The van der Waals surface area contributed by atoms with Gasteiger partial charge in [-0.3, -0.25) is 9.69 Å². The minimum Gasteiger partial charge on any atom is -0.357 e. The normalized spacial score (nSPS) is 18.5. The summed E-state index contributed by atoms with van der Waals surface area (Å²) in [5.74, 6) is 0. The topological polar surface area (TPSA) is 48.1 Å². The predicted molar refractivity (Wildman–Crippen MR) is 89.5 cm³/mol. The molecule has 0 aliphatic carbocycles. The van der Waals surface area contributed by atoms with Crippen molar-refractivity contribution in [3.8, 4) is 0 Å². The van der Waals surface area contributed by atoms with Crippen molar-refractivity contribution in [1.29, 1.82) is 0 Å². The number of hydrogen-bond donors (Lipinski definition) is 2. The summed E-state index contributed by atoms with van der Waals surface area (Å²) in [5, 5.41) is 3.94. The molecular weight excluding hydrogens is 274 g/mol. The second kappa shape index (κ2) is 6.13. The van der Waals surface area contributed by atoms with Gasteiger partial charge < -0.3 is 10.3 Å². The third-order valence-corrected chi connectivity index (χ3v) is 4.74. The molecule has 0 bridgehead atoms. The number of amides is 1. The summed E-state index contributed by atoms with van der Waals surface area (Å²) in [5.41, 5.74) is 4.04. The van der Waals surface area contributed by atoms with E-state index in [-0.39, 0.29) is 0 Å². The molecule has 0 atom stereocenters. The number of carbonyl (C=O) groups excluding carboxylic acids is 1. The van der Waals surface area contributed by atoms with Crippen LogP contribution >= 0.6 is 0 Å². The lowest BCUT2D eigenvalue weighted by Gasteiger charge is -2.36. The highest BCUT2D eigenvalue weighted by Crippen LogP contribution is 2.30. The zero-order chi connectivity index (χ0) is 15.6. The van der Waals surface area contributed by atoms with Crippen molar-refractivity contribution in [1.82, 2.24) is 15.2 Å². The molecular formula is C18H25N3O. The van der Waals surface area contributed by atoms with Gasteiger partial charge in [0.25, 0.3) is 0 Å². The second-order valence-electron chi connectivity index (χ2n) is 7.16. The molecule has 0 spiro atoms. The smallest absolute Gasteiger partial charge is 0.207 e. The first-order chi connectivity index (χ1) is 10.6. The first-order valence-electron chi connectivity index (χ1n) is 8.06. The first kappa shape index (κ1) is 15.1. The molecule has 2 N–H and O–H groups in total. The highest BCUT2D eigenvalue weighted by atomic mass is 16.1. The summed E-state index contributed by atoms with van der Waals surface area (Å²) in [7, 11) is 0. The molecule has 1 saturated heterocycles. The highest BCUT2D eigenvalue weighted by molar-refractivity contribution is 5.81. The zero-order valence-electron chi connectivity index (χ0n) is 13.5. The molecule has 0 radical (unpaired) electrons. The van der Waals surface area contributed by atoms with Crippen LogP contribution in [0.5, 0.6) is 0 Å². The molecule has 2 aromatic rings. The van der Waals surface area contributed by atoms with Gasteiger partial charge in [0, 0.05) is 24.3 Å². The Kier molecular flexibility index (Phi) is 4.21. The van der Waals surface area contributed by atoms with E-state index < -0.39 is 0 Å². The van der Waals surface area contributed by atoms with Crippen LogP contribution in [0.15, 0.2) is 24.3 Å². The van der Waals surface area contributed by atoms with Gasteiger partial charge in [0.05, 0.1) is 0 Å². The van der Waals surface area contributed by atoms with E-state index in [4.69, 9.17) is 0 Å². The molecule has 1 aliphatic heterocycles. The van der Waals surface area contributed by atoms with Crippen LogP contribution in [0, 0.1) is 5.41 Å². The van der Waals surface area contributed by atoms with E-state index in [2.05, 4.69) is 53.3 Å². The van der Waals surface area contributed by atoms with Crippen LogP contribution in [0.4, 0.5) is 0 Å². The van der Waals surface area contributed by atoms with Crippen LogP contribution in [-0.4, -0.2) is 29.4 Å². The molecule has 1 amide bonds. The highest BCUT2D eigenvalue weighted by Gasteiger charge is 2.25. The van der Waals surface area contributed by atoms with Gasteiger partial charge in [-0.2, -0.15) is 0 Å². The lowest BCUT2D eigenvalue weighted by atomic mass is 9.83. The Labute approximate surface area is 131 Å². The van der Waals surface area contributed by atoms with Gasteiger partial charge in [0.1, 0.15) is 0 Å². The van der Waals surface area contributed by atoms with Gasteiger partial charge >= 0.3 is 0 Å². The van der Waals surface area contributed by atoms with Gasteiger partial charge in [-0.05, 0) is 54.4 Å². The van der Waals surface area contributed by atoms with Gasteiger partial charge in [0.15, 0.2) is 0 Å². The fraction of sp³-hybridized carbons (Fsp3) is 0.500. The molecule has 1 aliphatic rings. The minimum absolute atomic E-state index is 0.497. The van der Waals surface area contributed by atoms with Gasteiger partial charge in [-0.25, -0.2) is 0 Å². The van der Waals surface area contributed by atoms with Crippen LogP contribution in [0.1, 0.15) is 37.9 Å². The van der Waals surface area contributed by atoms with E-state index in [1.165, 1.54) is 37.0 Å². The summed E-state index contributed by atoms with van der Waals surface area (Å²) in [4.78, 5) is 16.4. The van der Waals surface area contributed by atoms with E-state index in [1.807, 2.05) is 0 Å². The number of piperidine rings is 1. The molecule has 4 nitrogen and oxygen atoms in total. The molecule has 22 heavy (non-hydrogen) atoms. The number of H-pyrrole nitrogens is 1. The van der Waals surface area contributed by atoms with Crippen molar-refractivity contribution in [2.24, 2.45) is 5.41 Å². The summed E-state index contributed by atoms with van der Waals surface area (Å²) in [6, 6.07) is 8.55. The number of nitrogens with one attached hydrogen (secondary N) is 2. The van der Waals surface area contributed by atoms with Crippen LogP contribution in [0.25, 0.3) is 10.9 Å². The Morgan fingerprint density at radius 1 is 1.27 bits per heavy atom. The summed E-state index contributed by atoms with van der Waals surface area (Å²) < 4.78 is 0. The van der Waals surface area contributed by atoms with Crippen molar-refractivity contribution < 1.29 is 4.79 Å². The fourth-order valence-electron chi connectivity index (χ4n) is 3.15. The van der Waals surface area contributed by atoms with E-state index in [0.717, 1.165) is 24.0 Å². The molecule has 0 unspecified atom stereocenters. The Balaban J connectivity index is 1.68. The Morgan fingerprint density at radius 2 is 2.05 bits per heavy atom. The van der Waals surface area contributed by atoms with E-state index in [1.54, 1.807) is 0 Å². The number of likely N-dealkylation sites (tertiary alicyclic amines) is 1. The molecule has 0 saturated carbocycles. The lowest BCUT2D eigenvalue weighted by Crippen LogP contribution is -2.36. The maximum Gasteiger partial charge on any atom is 0.207 e. The van der Waals surface area contributed by atoms with Crippen molar-refractivity contribution >= 4 is 17.3 Å². The standard InChI is InChI=1S/C18H25N3O/c1-18(2)5-7-21(8-6-18)12-16-10-15-4-3-14(11-19-13-22)9-17(15)20-16/h3-4,9-10,13,20H,5-8,11-12H2,1-2H3,(H,19,22). The minimum atomic E-state index is 0.497. The molecule has 4 heteroatoms. The number of aromatic amines is 1. The number of fused-ring (bicyclic) bond motifs is 1.